The Morgan fingerprint density at radius 3 is 2.22 bits per heavy atom. The first-order valence-electron chi connectivity index (χ1n) is 11.6. The van der Waals surface area contributed by atoms with Gasteiger partial charge in [-0.3, -0.25) is 14.6 Å². The van der Waals surface area contributed by atoms with Crippen LogP contribution in [0.3, 0.4) is 0 Å². The molecule has 0 aliphatic carbocycles. The van der Waals surface area contributed by atoms with Crippen LogP contribution in [0.5, 0.6) is 0 Å². The van der Waals surface area contributed by atoms with Crippen molar-refractivity contribution in [2.24, 2.45) is 0 Å². The number of carbonyl (C=O) groups is 2. The molecule has 0 bridgehead atoms. The molecule has 2 aromatic carbocycles. The molecule has 0 radical (unpaired) electrons. The molecule has 4 rings (SSSR count). The summed E-state index contributed by atoms with van der Waals surface area (Å²) in [6, 6.07) is 14.4. The molecule has 0 spiro atoms. The Hall–Kier alpha value is -2.86. The summed E-state index contributed by atoms with van der Waals surface area (Å²) < 4.78 is 5.19. The average molecular weight is 436 g/mol. The lowest BCUT2D eigenvalue weighted by molar-refractivity contribution is -0.147. The Balaban J connectivity index is 1.40. The second kappa shape index (κ2) is 9.74. The van der Waals surface area contributed by atoms with Crippen molar-refractivity contribution in [3.63, 3.8) is 0 Å². The van der Waals surface area contributed by atoms with Gasteiger partial charge in [-0.2, -0.15) is 0 Å². The highest BCUT2D eigenvalue weighted by Gasteiger charge is 2.31. The molecule has 1 fully saturated rings. The fourth-order valence-corrected chi connectivity index (χ4v) is 4.42. The summed E-state index contributed by atoms with van der Waals surface area (Å²) in [5, 5.41) is 0. The number of urea groups is 1. The quantitative estimate of drug-likeness (QED) is 0.643. The van der Waals surface area contributed by atoms with Gasteiger partial charge in [-0.25, -0.2) is 4.79 Å². The third-order valence-electron chi connectivity index (χ3n) is 6.27. The van der Waals surface area contributed by atoms with Crippen molar-refractivity contribution in [1.82, 2.24) is 4.90 Å². The lowest BCUT2D eigenvalue weighted by Crippen LogP contribution is -2.31. The second-order valence-electron chi connectivity index (χ2n) is 9.05. The summed E-state index contributed by atoms with van der Waals surface area (Å²) in [4.78, 5) is 31.0. The van der Waals surface area contributed by atoms with Crippen LogP contribution < -0.4 is 9.80 Å². The van der Waals surface area contributed by atoms with Crippen LogP contribution in [0.15, 0.2) is 42.5 Å². The predicted molar refractivity (Wildman–Crippen MR) is 127 cm³/mol. The molecule has 0 unspecified atom stereocenters. The number of esters is 1. The molecule has 2 aliphatic rings. The molecule has 6 heteroatoms. The molecule has 2 amide bonds. The predicted octanol–water partition coefficient (Wildman–Crippen LogP) is 4.05. The van der Waals surface area contributed by atoms with E-state index in [1.807, 2.05) is 47.9 Å². The fourth-order valence-electron chi connectivity index (χ4n) is 4.42. The van der Waals surface area contributed by atoms with E-state index in [1.165, 1.54) is 11.1 Å². The fraction of sp³-hybridized carbons (Fsp3) is 0.462. The first-order chi connectivity index (χ1) is 15.4. The van der Waals surface area contributed by atoms with Gasteiger partial charge in [0, 0.05) is 44.0 Å². The minimum atomic E-state index is -0.179. The summed E-state index contributed by atoms with van der Waals surface area (Å²) in [6.07, 6.45) is 3.00. The van der Waals surface area contributed by atoms with Crippen LogP contribution >= 0.6 is 0 Å². The van der Waals surface area contributed by atoms with E-state index in [-0.39, 0.29) is 18.1 Å². The summed E-state index contributed by atoms with van der Waals surface area (Å²) in [5.41, 5.74) is 5.70. The number of benzene rings is 2. The first kappa shape index (κ1) is 22.3. The lowest BCUT2D eigenvalue weighted by atomic mass is 10.0. The number of aryl methyl sites for hydroxylation is 1. The highest BCUT2D eigenvalue weighted by Crippen LogP contribution is 2.28. The van der Waals surface area contributed by atoms with E-state index >= 15 is 0 Å². The molecule has 2 heterocycles. The van der Waals surface area contributed by atoms with Crippen molar-refractivity contribution in [1.29, 1.82) is 0 Å². The van der Waals surface area contributed by atoms with Crippen molar-refractivity contribution in [2.45, 2.75) is 45.6 Å². The standard InChI is InChI=1S/C26H33N3O3/c1-19(2)32-25(30)11-6-20-4-8-23(9-5-20)28-16-17-29(26(28)31)24-10-7-21-12-14-27(3)15-13-22(21)18-24/h4-5,7-10,18-19H,6,11-17H2,1-3H3. The normalized spacial score (nSPS) is 16.9. The van der Waals surface area contributed by atoms with Gasteiger partial charge in [0.05, 0.1) is 6.10 Å². The number of nitrogens with zero attached hydrogens (tertiary/aromatic N) is 3. The lowest BCUT2D eigenvalue weighted by Gasteiger charge is -2.20. The molecule has 2 aromatic rings. The zero-order chi connectivity index (χ0) is 22.7. The molecular weight excluding hydrogens is 402 g/mol. The van der Waals surface area contributed by atoms with Crippen molar-refractivity contribution in [3.8, 4) is 0 Å². The maximum Gasteiger partial charge on any atom is 0.329 e. The van der Waals surface area contributed by atoms with Crippen LogP contribution in [0.1, 0.15) is 37.0 Å². The summed E-state index contributed by atoms with van der Waals surface area (Å²) in [6.45, 7) is 7.19. The van der Waals surface area contributed by atoms with Gasteiger partial charge in [0.25, 0.3) is 0 Å². The maximum absolute atomic E-state index is 13.2. The van der Waals surface area contributed by atoms with E-state index in [0.717, 1.165) is 42.9 Å². The molecule has 0 N–H and O–H groups in total. The molecule has 6 nitrogen and oxygen atoms in total. The topological polar surface area (TPSA) is 53.1 Å². The molecule has 0 saturated carbocycles. The van der Waals surface area contributed by atoms with Gasteiger partial charge in [-0.05, 0) is 81.1 Å². The Kier molecular flexibility index (Phi) is 6.80. The van der Waals surface area contributed by atoms with Crippen LogP contribution in [-0.2, 0) is 28.8 Å². The van der Waals surface area contributed by atoms with Crippen LogP contribution in [0.25, 0.3) is 0 Å². The van der Waals surface area contributed by atoms with E-state index in [2.05, 4.69) is 30.1 Å². The number of carbonyl (C=O) groups excluding carboxylic acids is 2. The smallest absolute Gasteiger partial charge is 0.329 e. The van der Waals surface area contributed by atoms with Crippen molar-refractivity contribution < 1.29 is 14.3 Å². The van der Waals surface area contributed by atoms with Crippen LogP contribution in [0.2, 0.25) is 0 Å². The summed E-state index contributed by atoms with van der Waals surface area (Å²) in [7, 11) is 2.16. The average Bonchev–Trinajstić information content (AvgIpc) is 3.05. The van der Waals surface area contributed by atoms with E-state index in [9.17, 15) is 9.59 Å². The third-order valence-corrected chi connectivity index (χ3v) is 6.27. The highest BCUT2D eigenvalue weighted by molar-refractivity contribution is 6.06. The van der Waals surface area contributed by atoms with Gasteiger partial charge in [0.2, 0.25) is 0 Å². The van der Waals surface area contributed by atoms with Gasteiger partial charge in [0.15, 0.2) is 0 Å². The zero-order valence-electron chi connectivity index (χ0n) is 19.3. The Morgan fingerprint density at radius 2 is 1.53 bits per heavy atom. The maximum atomic E-state index is 13.2. The first-order valence-corrected chi connectivity index (χ1v) is 11.6. The summed E-state index contributed by atoms with van der Waals surface area (Å²) >= 11 is 0. The highest BCUT2D eigenvalue weighted by atomic mass is 16.5. The largest absolute Gasteiger partial charge is 0.463 e. The van der Waals surface area contributed by atoms with Gasteiger partial charge < -0.3 is 9.64 Å². The SMILES string of the molecule is CC(C)OC(=O)CCc1ccc(N2CCN(c3ccc4c(c3)CCN(C)CC4)C2=O)cc1. The van der Waals surface area contributed by atoms with Crippen LogP contribution in [0.4, 0.5) is 16.2 Å². The number of anilines is 2. The Bertz CT molecular complexity index is 971. The number of hydrogen-bond acceptors (Lipinski definition) is 4. The summed E-state index contributed by atoms with van der Waals surface area (Å²) in [5.74, 6) is -0.179. The molecular formula is C26H33N3O3. The molecule has 0 aromatic heterocycles. The zero-order valence-corrected chi connectivity index (χ0v) is 19.3. The van der Waals surface area contributed by atoms with Gasteiger partial charge in [-0.1, -0.05) is 18.2 Å². The monoisotopic (exact) mass is 435 g/mol. The Morgan fingerprint density at radius 1 is 0.906 bits per heavy atom. The molecule has 0 atom stereocenters. The van der Waals surface area contributed by atoms with Crippen LogP contribution in [0, 0.1) is 0 Å². The number of fused-ring (bicyclic) bond motifs is 1. The van der Waals surface area contributed by atoms with Crippen molar-refractivity contribution in [2.75, 3.05) is 43.0 Å². The minimum absolute atomic E-state index is 0.0175. The van der Waals surface area contributed by atoms with E-state index in [0.29, 0.717) is 25.9 Å². The number of hydrogen-bond donors (Lipinski definition) is 0. The third kappa shape index (κ3) is 5.13. The molecule has 32 heavy (non-hydrogen) atoms. The molecule has 2 aliphatic heterocycles. The Labute approximate surface area is 190 Å². The van der Waals surface area contributed by atoms with E-state index in [1.54, 1.807) is 0 Å². The van der Waals surface area contributed by atoms with E-state index < -0.39 is 0 Å². The molecule has 170 valence electrons. The second-order valence-corrected chi connectivity index (χ2v) is 9.05. The van der Waals surface area contributed by atoms with Crippen LogP contribution in [-0.4, -0.2) is 56.2 Å². The number of likely N-dealkylation sites (N-methyl/N-ethyl adjacent to an activating group) is 1. The number of ether oxygens (including phenoxy) is 1. The van der Waals surface area contributed by atoms with Gasteiger partial charge in [-0.15, -0.1) is 0 Å². The van der Waals surface area contributed by atoms with Gasteiger partial charge >= 0.3 is 12.0 Å². The van der Waals surface area contributed by atoms with Crippen molar-refractivity contribution >= 4 is 23.4 Å². The van der Waals surface area contributed by atoms with Crippen molar-refractivity contribution in [3.05, 3.63) is 59.2 Å². The number of rotatable bonds is 6. The molecule has 1 saturated heterocycles. The van der Waals surface area contributed by atoms with E-state index in [4.69, 9.17) is 4.74 Å². The minimum Gasteiger partial charge on any atom is -0.463 e. The van der Waals surface area contributed by atoms with Gasteiger partial charge in [0.1, 0.15) is 0 Å². The number of amides is 2.